The third kappa shape index (κ3) is 3.69. The summed E-state index contributed by atoms with van der Waals surface area (Å²) in [7, 11) is 3.07. The number of anilines is 2. The Bertz CT molecular complexity index is 1060. The average molecular weight is 408 g/mol. The number of hydrogen-bond acceptors (Lipinski definition) is 5. The van der Waals surface area contributed by atoms with Gasteiger partial charge in [0.2, 0.25) is 0 Å². The second-order valence-electron chi connectivity index (χ2n) is 6.55. The summed E-state index contributed by atoms with van der Waals surface area (Å²) in [5.41, 5.74) is 3.02. The number of fused-ring (bicyclic) bond motifs is 1. The van der Waals surface area contributed by atoms with Gasteiger partial charge >= 0.3 is 0 Å². The fourth-order valence-corrected chi connectivity index (χ4v) is 4.05. The Hall–Kier alpha value is -3.32. The van der Waals surface area contributed by atoms with Crippen LogP contribution in [-0.4, -0.2) is 32.6 Å². The maximum Gasteiger partial charge on any atom is 0.268 e. The van der Waals surface area contributed by atoms with Gasteiger partial charge in [0.1, 0.15) is 0 Å². The summed E-state index contributed by atoms with van der Waals surface area (Å²) in [6, 6.07) is 14.4. The lowest BCUT2D eigenvalue weighted by atomic mass is 10.1. The van der Waals surface area contributed by atoms with Gasteiger partial charge in [-0.15, -0.1) is 11.3 Å². The zero-order valence-corrected chi connectivity index (χ0v) is 16.9. The highest BCUT2D eigenvalue weighted by molar-refractivity contribution is 7.12. The highest BCUT2D eigenvalue weighted by atomic mass is 32.1. The number of nitrogens with one attached hydrogen (secondary N) is 1. The molecule has 0 unspecified atom stereocenters. The molecule has 0 atom stereocenters. The van der Waals surface area contributed by atoms with Crippen molar-refractivity contribution in [3.63, 3.8) is 0 Å². The maximum absolute atomic E-state index is 12.8. The van der Waals surface area contributed by atoms with Crippen LogP contribution in [0.3, 0.4) is 0 Å². The molecule has 1 aromatic heterocycles. The molecule has 1 aliphatic rings. The number of hydrogen-bond donors (Lipinski definition) is 1. The fraction of sp³-hybridized carbons (Fsp3) is 0.182. The molecule has 0 saturated heterocycles. The summed E-state index contributed by atoms with van der Waals surface area (Å²) in [6.07, 6.45) is 0.802. The molecule has 148 valence electrons. The van der Waals surface area contributed by atoms with Gasteiger partial charge in [-0.25, -0.2) is 0 Å². The first kappa shape index (κ1) is 19.0. The van der Waals surface area contributed by atoms with Crippen molar-refractivity contribution in [3.8, 4) is 11.5 Å². The van der Waals surface area contributed by atoms with Crippen LogP contribution in [0.4, 0.5) is 11.4 Å². The minimum absolute atomic E-state index is 0.0119. The molecule has 29 heavy (non-hydrogen) atoms. The van der Waals surface area contributed by atoms with E-state index in [0.717, 1.165) is 17.7 Å². The SMILES string of the molecule is COc1ccc(C(=O)Nc2ccc3c(c2)N(C(=O)c2cccs2)CC3)cc1OC. The van der Waals surface area contributed by atoms with Crippen molar-refractivity contribution < 1.29 is 19.1 Å². The first-order chi connectivity index (χ1) is 14.1. The van der Waals surface area contributed by atoms with Gasteiger partial charge in [0.25, 0.3) is 11.8 Å². The lowest BCUT2D eigenvalue weighted by Gasteiger charge is -2.17. The molecule has 2 aromatic carbocycles. The van der Waals surface area contributed by atoms with E-state index < -0.39 is 0 Å². The second-order valence-corrected chi connectivity index (χ2v) is 7.50. The largest absolute Gasteiger partial charge is 0.493 e. The topological polar surface area (TPSA) is 67.9 Å². The van der Waals surface area contributed by atoms with Gasteiger partial charge in [-0.1, -0.05) is 12.1 Å². The van der Waals surface area contributed by atoms with Crippen molar-refractivity contribution in [1.82, 2.24) is 0 Å². The number of nitrogens with zero attached hydrogens (tertiary/aromatic N) is 1. The van der Waals surface area contributed by atoms with E-state index in [4.69, 9.17) is 9.47 Å². The zero-order chi connectivity index (χ0) is 20.4. The van der Waals surface area contributed by atoms with E-state index in [2.05, 4.69) is 5.32 Å². The third-order valence-corrected chi connectivity index (χ3v) is 5.72. The number of amides is 2. The average Bonchev–Trinajstić information content (AvgIpc) is 3.42. The van der Waals surface area contributed by atoms with E-state index in [1.807, 2.05) is 35.7 Å². The van der Waals surface area contributed by atoms with Crippen LogP contribution in [0, 0.1) is 0 Å². The number of methoxy groups -OCH3 is 2. The van der Waals surface area contributed by atoms with Gasteiger partial charge in [-0.3, -0.25) is 9.59 Å². The Kier molecular flexibility index (Phi) is 5.22. The smallest absolute Gasteiger partial charge is 0.268 e. The Labute approximate surface area is 172 Å². The summed E-state index contributed by atoms with van der Waals surface area (Å²) < 4.78 is 10.5. The van der Waals surface area contributed by atoms with E-state index in [-0.39, 0.29) is 11.8 Å². The van der Waals surface area contributed by atoms with Crippen molar-refractivity contribution in [2.24, 2.45) is 0 Å². The van der Waals surface area contributed by atoms with Crippen molar-refractivity contribution >= 4 is 34.5 Å². The number of ether oxygens (including phenoxy) is 2. The Morgan fingerprint density at radius 1 is 1.03 bits per heavy atom. The molecule has 1 N–H and O–H groups in total. The minimum atomic E-state index is -0.264. The van der Waals surface area contributed by atoms with Crippen LogP contribution in [-0.2, 0) is 6.42 Å². The summed E-state index contributed by atoms with van der Waals surface area (Å²) in [5, 5.41) is 4.79. The highest BCUT2D eigenvalue weighted by Crippen LogP contribution is 2.33. The first-order valence-electron chi connectivity index (χ1n) is 9.12. The van der Waals surface area contributed by atoms with E-state index in [0.29, 0.717) is 34.2 Å². The van der Waals surface area contributed by atoms with Crippen molar-refractivity contribution in [3.05, 3.63) is 69.9 Å². The quantitative estimate of drug-likeness (QED) is 0.686. The molecule has 0 fully saturated rings. The molecule has 2 heterocycles. The molecular formula is C22H20N2O4S. The predicted molar refractivity (Wildman–Crippen MR) is 114 cm³/mol. The Balaban J connectivity index is 1.56. The van der Waals surface area contributed by atoms with E-state index >= 15 is 0 Å². The molecule has 0 radical (unpaired) electrons. The number of benzene rings is 2. The molecule has 1 aliphatic heterocycles. The molecule has 7 heteroatoms. The highest BCUT2D eigenvalue weighted by Gasteiger charge is 2.26. The van der Waals surface area contributed by atoms with Crippen LogP contribution in [0.1, 0.15) is 25.6 Å². The molecule has 0 spiro atoms. The van der Waals surface area contributed by atoms with Gasteiger partial charge in [-0.2, -0.15) is 0 Å². The first-order valence-corrected chi connectivity index (χ1v) is 10.0. The lowest BCUT2D eigenvalue weighted by Crippen LogP contribution is -2.28. The Morgan fingerprint density at radius 3 is 2.59 bits per heavy atom. The summed E-state index contributed by atoms with van der Waals surface area (Å²) in [5.74, 6) is 0.772. The van der Waals surface area contributed by atoms with Crippen LogP contribution in [0.5, 0.6) is 11.5 Å². The maximum atomic E-state index is 12.8. The third-order valence-electron chi connectivity index (χ3n) is 4.86. The predicted octanol–water partition coefficient (Wildman–Crippen LogP) is 4.22. The summed E-state index contributed by atoms with van der Waals surface area (Å²) >= 11 is 1.43. The van der Waals surface area contributed by atoms with Crippen LogP contribution in [0.15, 0.2) is 53.9 Å². The normalized spacial score (nSPS) is 12.4. The van der Waals surface area contributed by atoms with Gasteiger partial charge in [0.15, 0.2) is 11.5 Å². The Morgan fingerprint density at radius 2 is 1.86 bits per heavy atom. The lowest BCUT2D eigenvalue weighted by molar-refractivity contribution is 0.0991. The fourth-order valence-electron chi connectivity index (χ4n) is 3.38. The molecule has 0 aliphatic carbocycles. The monoisotopic (exact) mass is 408 g/mol. The molecule has 6 nitrogen and oxygen atoms in total. The second kappa shape index (κ2) is 7.97. The number of carbonyl (C=O) groups is 2. The molecule has 4 rings (SSSR count). The molecular weight excluding hydrogens is 388 g/mol. The minimum Gasteiger partial charge on any atom is -0.493 e. The zero-order valence-electron chi connectivity index (χ0n) is 16.1. The molecule has 0 bridgehead atoms. The van der Waals surface area contributed by atoms with Crippen LogP contribution in [0.25, 0.3) is 0 Å². The van der Waals surface area contributed by atoms with Crippen molar-refractivity contribution in [1.29, 1.82) is 0 Å². The van der Waals surface area contributed by atoms with Crippen LogP contribution < -0.4 is 19.7 Å². The molecule has 3 aromatic rings. The van der Waals surface area contributed by atoms with Gasteiger partial charge < -0.3 is 19.7 Å². The number of rotatable bonds is 5. The summed E-state index contributed by atoms with van der Waals surface area (Å²) in [6.45, 7) is 0.638. The van der Waals surface area contributed by atoms with Crippen LogP contribution >= 0.6 is 11.3 Å². The van der Waals surface area contributed by atoms with E-state index in [1.165, 1.54) is 18.4 Å². The summed E-state index contributed by atoms with van der Waals surface area (Å²) in [4.78, 5) is 28.0. The van der Waals surface area contributed by atoms with Crippen molar-refractivity contribution in [2.45, 2.75) is 6.42 Å². The molecule has 0 saturated carbocycles. The number of thiophene rings is 1. The molecule has 2 amide bonds. The standard InChI is InChI=1S/C22H20N2O4S/c1-27-18-8-6-15(12-19(18)28-2)21(25)23-16-7-5-14-9-10-24(17(14)13-16)22(26)20-4-3-11-29-20/h3-8,11-13H,9-10H2,1-2H3,(H,23,25). The van der Waals surface area contributed by atoms with Gasteiger partial charge in [0, 0.05) is 23.5 Å². The van der Waals surface area contributed by atoms with Gasteiger partial charge in [-0.05, 0) is 53.8 Å². The number of carbonyl (C=O) groups excluding carboxylic acids is 2. The van der Waals surface area contributed by atoms with Crippen LogP contribution in [0.2, 0.25) is 0 Å². The van der Waals surface area contributed by atoms with Gasteiger partial charge in [0.05, 0.1) is 19.1 Å². The van der Waals surface area contributed by atoms with E-state index in [1.54, 1.807) is 30.2 Å². The van der Waals surface area contributed by atoms with Crippen molar-refractivity contribution in [2.75, 3.05) is 31.0 Å². The van der Waals surface area contributed by atoms with E-state index in [9.17, 15) is 9.59 Å².